The predicted molar refractivity (Wildman–Crippen MR) is 108 cm³/mol. The molecule has 0 amide bonds. The van der Waals surface area contributed by atoms with Crippen LogP contribution in [0.15, 0.2) is 34.2 Å². The summed E-state index contributed by atoms with van der Waals surface area (Å²) in [4.78, 5) is 7.45. The molecule has 1 saturated carbocycles. The van der Waals surface area contributed by atoms with Crippen LogP contribution in [-0.4, -0.2) is 58.3 Å². The first-order valence-corrected chi connectivity index (χ1v) is 11.8. The Morgan fingerprint density at radius 2 is 1.81 bits per heavy atom. The molecule has 1 aliphatic heterocycles. The number of nitrogens with zero attached hydrogens (tertiary/aromatic N) is 2. The van der Waals surface area contributed by atoms with E-state index in [9.17, 15) is 8.42 Å². The summed E-state index contributed by atoms with van der Waals surface area (Å²) in [6.07, 6.45) is 6.65. The first-order valence-electron chi connectivity index (χ1n) is 9.93. The average Bonchev–Trinajstić information content (AvgIpc) is 3.08. The first kappa shape index (κ1) is 20.0. The van der Waals surface area contributed by atoms with Crippen LogP contribution in [0.2, 0.25) is 0 Å². The summed E-state index contributed by atoms with van der Waals surface area (Å²) in [6.45, 7) is 6.22. The molecule has 1 aromatic rings. The summed E-state index contributed by atoms with van der Waals surface area (Å²) in [6, 6.07) is 6.53. The van der Waals surface area contributed by atoms with Crippen molar-refractivity contribution in [3.63, 3.8) is 0 Å². The van der Waals surface area contributed by atoms with Crippen LogP contribution in [0.5, 0.6) is 5.75 Å². The molecule has 150 valence electrons. The minimum atomic E-state index is -3.17. The predicted octanol–water partition coefficient (Wildman–Crippen LogP) is 2.56. The Bertz CT molecular complexity index is 732. The topological polar surface area (TPSA) is 71.0 Å². The second kappa shape index (κ2) is 8.95. The van der Waals surface area contributed by atoms with E-state index in [4.69, 9.17) is 9.73 Å². The van der Waals surface area contributed by atoms with E-state index in [1.807, 2.05) is 0 Å². The van der Waals surface area contributed by atoms with E-state index < -0.39 is 9.84 Å². The molecule has 2 fully saturated rings. The second-order valence-corrected chi connectivity index (χ2v) is 9.55. The fraction of sp³-hybridized carbons (Fsp3) is 0.650. The van der Waals surface area contributed by atoms with Gasteiger partial charge in [0.2, 0.25) is 0 Å². The van der Waals surface area contributed by atoms with Gasteiger partial charge in [0.05, 0.1) is 11.4 Å². The van der Waals surface area contributed by atoms with E-state index in [-0.39, 0.29) is 0 Å². The Hall–Kier alpha value is -1.76. The van der Waals surface area contributed by atoms with Crippen LogP contribution in [-0.2, 0) is 9.84 Å². The summed E-state index contributed by atoms with van der Waals surface area (Å²) in [5.41, 5.74) is 0. The van der Waals surface area contributed by atoms with Crippen LogP contribution in [0.1, 0.15) is 32.6 Å². The molecule has 3 rings (SSSR count). The molecule has 0 aromatic heterocycles. The third-order valence-corrected chi connectivity index (χ3v) is 6.61. The minimum absolute atomic E-state index is 0.304. The number of rotatable bonds is 6. The fourth-order valence-corrected chi connectivity index (χ4v) is 4.73. The van der Waals surface area contributed by atoms with Crippen LogP contribution < -0.4 is 10.1 Å². The SMILES string of the molecule is CCNC(=NCCOc1ccc(S(C)(=O)=O)cc1)N1CC2CCCCC2C1. The lowest BCUT2D eigenvalue weighted by Gasteiger charge is -2.22. The highest BCUT2D eigenvalue weighted by atomic mass is 32.2. The smallest absolute Gasteiger partial charge is 0.194 e. The molecular weight excluding hydrogens is 362 g/mol. The van der Waals surface area contributed by atoms with Gasteiger partial charge in [-0.3, -0.25) is 0 Å². The zero-order valence-electron chi connectivity index (χ0n) is 16.4. The molecule has 1 N–H and O–H groups in total. The van der Waals surface area contributed by atoms with E-state index in [2.05, 4.69) is 17.1 Å². The normalized spacial score (nSPS) is 23.2. The van der Waals surface area contributed by atoms with Crippen molar-refractivity contribution >= 4 is 15.8 Å². The quantitative estimate of drug-likeness (QED) is 0.457. The minimum Gasteiger partial charge on any atom is -0.492 e. The number of hydrogen-bond acceptors (Lipinski definition) is 4. The summed E-state index contributed by atoms with van der Waals surface area (Å²) in [7, 11) is -3.17. The van der Waals surface area contributed by atoms with E-state index in [0.29, 0.717) is 23.8 Å². The molecule has 2 unspecified atom stereocenters. The maximum absolute atomic E-state index is 11.5. The summed E-state index contributed by atoms with van der Waals surface area (Å²) < 4.78 is 28.7. The van der Waals surface area contributed by atoms with Crippen molar-refractivity contribution in [2.24, 2.45) is 16.8 Å². The van der Waals surface area contributed by atoms with Gasteiger partial charge < -0.3 is 15.0 Å². The van der Waals surface area contributed by atoms with Crippen molar-refractivity contribution in [1.29, 1.82) is 0 Å². The molecule has 1 saturated heterocycles. The number of guanidine groups is 1. The van der Waals surface area contributed by atoms with Gasteiger partial charge in [0.1, 0.15) is 12.4 Å². The molecule has 6 nitrogen and oxygen atoms in total. The summed E-state index contributed by atoms with van der Waals surface area (Å²) in [5.74, 6) is 3.30. The number of nitrogens with one attached hydrogen (secondary N) is 1. The van der Waals surface area contributed by atoms with Gasteiger partial charge in [-0.15, -0.1) is 0 Å². The van der Waals surface area contributed by atoms with Crippen molar-refractivity contribution < 1.29 is 13.2 Å². The molecule has 0 spiro atoms. The summed E-state index contributed by atoms with van der Waals surface area (Å²) >= 11 is 0. The molecule has 1 heterocycles. The largest absolute Gasteiger partial charge is 0.492 e. The van der Waals surface area contributed by atoms with Crippen molar-refractivity contribution in [3.8, 4) is 5.75 Å². The molecule has 1 aromatic carbocycles. The number of aliphatic imine (C=N–C) groups is 1. The van der Waals surface area contributed by atoms with Crippen molar-refractivity contribution in [1.82, 2.24) is 10.2 Å². The highest BCUT2D eigenvalue weighted by Gasteiger charge is 2.35. The molecule has 0 radical (unpaired) electrons. The van der Waals surface area contributed by atoms with Crippen LogP contribution in [0.4, 0.5) is 0 Å². The third kappa shape index (κ3) is 5.37. The fourth-order valence-electron chi connectivity index (χ4n) is 4.10. The van der Waals surface area contributed by atoms with E-state index in [1.165, 1.54) is 31.9 Å². The zero-order chi connectivity index (χ0) is 19.3. The van der Waals surface area contributed by atoms with Crippen LogP contribution >= 0.6 is 0 Å². The van der Waals surface area contributed by atoms with Crippen molar-refractivity contribution in [2.45, 2.75) is 37.5 Å². The van der Waals surface area contributed by atoms with Crippen LogP contribution in [0.25, 0.3) is 0 Å². The van der Waals surface area contributed by atoms with Gasteiger partial charge in [-0.1, -0.05) is 12.8 Å². The Morgan fingerprint density at radius 3 is 2.37 bits per heavy atom. The van der Waals surface area contributed by atoms with Gasteiger partial charge in [0.25, 0.3) is 0 Å². The molecule has 2 atom stereocenters. The lowest BCUT2D eigenvalue weighted by Crippen LogP contribution is -2.40. The number of sulfone groups is 1. The van der Waals surface area contributed by atoms with Gasteiger partial charge in [-0.25, -0.2) is 13.4 Å². The van der Waals surface area contributed by atoms with Gasteiger partial charge in [-0.05, 0) is 55.9 Å². The number of hydrogen-bond donors (Lipinski definition) is 1. The lowest BCUT2D eigenvalue weighted by atomic mass is 9.82. The Balaban J connectivity index is 1.52. The third-order valence-electron chi connectivity index (χ3n) is 5.48. The number of fused-ring (bicyclic) bond motifs is 1. The van der Waals surface area contributed by atoms with Gasteiger partial charge in [0.15, 0.2) is 15.8 Å². The van der Waals surface area contributed by atoms with Crippen molar-refractivity contribution in [2.75, 3.05) is 39.0 Å². The molecule has 2 aliphatic rings. The highest BCUT2D eigenvalue weighted by molar-refractivity contribution is 7.90. The molecular formula is C20H31N3O3S. The van der Waals surface area contributed by atoms with Crippen molar-refractivity contribution in [3.05, 3.63) is 24.3 Å². The molecule has 1 aliphatic carbocycles. The standard InChI is InChI=1S/C20H31N3O3S/c1-3-21-20(23-14-16-6-4-5-7-17(16)15-23)22-12-13-26-18-8-10-19(11-9-18)27(2,24)25/h8-11,16-17H,3-7,12-15H2,1-2H3,(H,21,22). The van der Waals surface area contributed by atoms with Gasteiger partial charge in [0, 0.05) is 25.9 Å². The zero-order valence-corrected chi connectivity index (χ0v) is 17.2. The molecule has 0 bridgehead atoms. The highest BCUT2D eigenvalue weighted by Crippen LogP contribution is 2.35. The van der Waals surface area contributed by atoms with Crippen LogP contribution in [0, 0.1) is 11.8 Å². The van der Waals surface area contributed by atoms with E-state index in [1.54, 1.807) is 24.3 Å². The number of likely N-dealkylation sites (tertiary alicyclic amines) is 1. The van der Waals surface area contributed by atoms with E-state index in [0.717, 1.165) is 37.4 Å². The molecule has 7 heteroatoms. The summed E-state index contributed by atoms with van der Waals surface area (Å²) in [5, 5.41) is 3.41. The number of benzene rings is 1. The molecule has 27 heavy (non-hydrogen) atoms. The first-order chi connectivity index (χ1) is 13.0. The Morgan fingerprint density at radius 1 is 1.19 bits per heavy atom. The van der Waals surface area contributed by atoms with Gasteiger partial charge >= 0.3 is 0 Å². The maximum atomic E-state index is 11.5. The van der Waals surface area contributed by atoms with Crippen LogP contribution in [0.3, 0.4) is 0 Å². The average molecular weight is 394 g/mol. The Kier molecular flexibility index (Phi) is 6.63. The van der Waals surface area contributed by atoms with Gasteiger partial charge in [-0.2, -0.15) is 0 Å². The second-order valence-electron chi connectivity index (χ2n) is 7.54. The lowest BCUT2D eigenvalue weighted by molar-refractivity contribution is 0.299. The number of ether oxygens (including phenoxy) is 1. The Labute approximate surface area is 162 Å². The maximum Gasteiger partial charge on any atom is 0.194 e. The van der Waals surface area contributed by atoms with E-state index >= 15 is 0 Å². The monoisotopic (exact) mass is 393 g/mol.